The summed E-state index contributed by atoms with van der Waals surface area (Å²) in [5.74, 6) is 0. The van der Waals surface area contributed by atoms with Gasteiger partial charge in [0, 0.05) is 21.3 Å². The summed E-state index contributed by atoms with van der Waals surface area (Å²) >= 11 is 8.02. The van der Waals surface area contributed by atoms with Crippen molar-refractivity contribution in [2.75, 3.05) is 7.05 Å². The predicted molar refractivity (Wildman–Crippen MR) is 72.3 cm³/mol. The summed E-state index contributed by atoms with van der Waals surface area (Å²) in [4.78, 5) is 2.60. The molecule has 1 aromatic carbocycles. The molecule has 0 aliphatic carbocycles. The molecule has 0 bridgehead atoms. The molecule has 1 heterocycles. The van der Waals surface area contributed by atoms with Gasteiger partial charge >= 0.3 is 0 Å². The van der Waals surface area contributed by atoms with E-state index >= 15 is 0 Å². The maximum absolute atomic E-state index is 6.23. The van der Waals surface area contributed by atoms with Gasteiger partial charge in [0.2, 0.25) is 0 Å². The lowest BCUT2D eigenvalue weighted by molar-refractivity contribution is 0.818. The first-order valence-corrected chi connectivity index (χ1v) is 6.40. The van der Waals surface area contributed by atoms with E-state index in [1.165, 1.54) is 15.3 Å². The monoisotopic (exact) mass is 251 g/mol. The fraction of sp³-hybridized carbons (Fsp3) is 0.231. The van der Waals surface area contributed by atoms with Gasteiger partial charge in [-0.2, -0.15) is 0 Å². The standard InChI is InChI=1S/C13H14ClNS/c1-9-3-6-13(16-9)10-4-5-11(8-15-2)12(14)7-10/h3-7,15H,8H2,1-2H3. The van der Waals surface area contributed by atoms with Crippen molar-refractivity contribution in [1.82, 2.24) is 5.32 Å². The fourth-order valence-electron chi connectivity index (χ4n) is 1.62. The van der Waals surface area contributed by atoms with E-state index in [2.05, 4.69) is 36.5 Å². The normalized spacial score (nSPS) is 10.7. The van der Waals surface area contributed by atoms with Crippen LogP contribution in [0.15, 0.2) is 30.3 Å². The molecule has 1 N–H and O–H groups in total. The summed E-state index contributed by atoms with van der Waals surface area (Å²) in [7, 11) is 1.92. The van der Waals surface area contributed by atoms with Gasteiger partial charge in [0.05, 0.1) is 0 Å². The Hall–Kier alpha value is -0.830. The predicted octanol–water partition coefficient (Wildman–Crippen LogP) is 4.10. The number of halogens is 1. The Bertz CT molecular complexity index is 490. The minimum Gasteiger partial charge on any atom is -0.316 e. The van der Waals surface area contributed by atoms with Crippen LogP contribution in [0.2, 0.25) is 5.02 Å². The highest BCUT2D eigenvalue weighted by Crippen LogP contribution is 2.30. The molecule has 0 aliphatic heterocycles. The first-order valence-electron chi connectivity index (χ1n) is 5.20. The van der Waals surface area contributed by atoms with Crippen LogP contribution in [0.4, 0.5) is 0 Å². The summed E-state index contributed by atoms with van der Waals surface area (Å²) in [6.07, 6.45) is 0. The molecule has 3 heteroatoms. The van der Waals surface area contributed by atoms with Crippen molar-refractivity contribution < 1.29 is 0 Å². The van der Waals surface area contributed by atoms with E-state index in [0.717, 1.165) is 17.1 Å². The average Bonchev–Trinajstić information content (AvgIpc) is 2.68. The fourth-order valence-corrected chi connectivity index (χ4v) is 2.74. The second-order valence-corrected chi connectivity index (χ2v) is 5.44. The highest BCUT2D eigenvalue weighted by atomic mass is 35.5. The molecule has 0 saturated carbocycles. The van der Waals surface area contributed by atoms with E-state index in [-0.39, 0.29) is 0 Å². The molecule has 2 rings (SSSR count). The van der Waals surface area contributed by atoms with Gasteiger partial charge in [-0.3, -0.25) is 0 Å². The quantitative estimate of drug-likeness (QED) is 0.866. The lowest BCUT2D eigenvalue weighted by Gasteiger charge is -2.05. The van der Waals surface area contributed by atoms with Gasteiger partial charge in [-0.05, 0) is 43.3 Å². The highest BCUT2D eigenvalue weighted by Gasteiger charge is 2.04. The number of aryl methyl sites for hydroxylation is 1. The van der Waals surface area contributed by atoms with Crippen LogP contribution in [-0.2, 0) is 6.54 Å². The van der Waals surface area contributed by atoms with E-state index in [1.807, 2.05) is 13.1 Å². The first kappa shape index (κ1) is 11.6. The SMILES string of the molecule is CNCc1ccc(-c2ccc(C)s2)cc1Cl. The molecule has 0 saturated heterocycles. The minimum absolute atomic E-state index is 0.808. The van der Waals surface area contributed by atoms with Gasteiger partial charge in [-0.15, -0.1) is 11.3 Å². The smallest absolute Gasteiger partial charge is 0.0457 e. The molecule has 2 aromatic rings. The third-order valence-corrected chi connectivity index (χ3v) is 3.85. The van der Waals surface area contributed by atoms with Crippen LogP contribution in [-0.4, -0.2) is 7.05 Å². The Morgan fingerprint density at radius 1 is 1.25 bits per heavy atom. The third-order valence-electron chi connectivity index (χ3n) is 2.45. The molecular formula is C13H14ClNS. The molecule has 0 fully saturated rings. The molecule has 1 nitrogen and oxygen atoms in total. The zero-order valence-corrected chi connectivity index (χ0v) is 11.0. The van der Waals surface area contributed by atoms with Gasteiger partial charge < -0.3 is 5.32 Å². The van der Waals surface area contributed by atoms with Crippen LogP contribution in [0.3, 0.4) is 0 Å². The summed E-state index contributed by atoms with van der Waals surface area (Å²) in [6, 6.07) is 10.5. The Balaban J connectivity index is 2.34. The van der Waals surface area contributed by atoms with E-state index < -0.39 is 0 Å². The van der Waals surface area contributed by atoms with Crippen molar-refractivity contribution in [3.05, 3.63) is 45.8 Å². The lowest BCUT2D eigenvalue weighted by atomic mass is 10.1. The topological polar surface area (TPSA) is 12.0 Å². The second kappa shape index (κ2) is 5.00. The van der Waals surface area contributed by atoms with Crippen LogP contribution in [0.5, 0.6) is 0 Å². The summed E-state index contributed by atoms with van der Waals surface area (Å²) in [6.45, 7) is 2.92. The zero-order valence-electron chi connectivity index (χ0n) is 9.38. The van der Waals surface area contributed by atoms with Crippen molar-refractivity contribution in [2.45, 2.75) is 13.5 Å². The Labute approximate surface area is 105 Å². The number of hydrogen-bond donors (Lipinski definition) is 1. The summed E-state index contributed by atoms with van der Waals surface area (Å²) in [5.41, 5.74) is 2.34. The molecule has 0 aliphatic rings. The highest BCUT2D eigenvalue weighted by molar-refractivity contribution is 7.15. The molecule has 0 spiro atoms. The van der Waals surface area contributed by atoms with Crippen LogP contribution < -0.4 is 5.32 Å². The molecule has 16 heavy (non-hydrogen) atoms. The van der Waals surface area contributed by atoms with Crippen LogP contribution in [0.1, 0.15) is 10.4 Å². The molecule has 0 unspecified atom stereocenters. The van der Waals surface area contributed by atoms with E-state index in [4.69, 9.17) is 11.6 Å². The van der Waals surface area contributed by atoms with E-state index in [0.29, 0.717) is 0 Å². The van der Waals surface area contributed by atoms with E-state index in [1.54, 1.807) is 11.3 Å². The third kappa shape index (κ3) is 2.46. The van der Waals surface area contributed by atoms with Crippen LogP contribution >= 0.6 is 22.9 Å². The van der Waals surface area contributed by atoms with Crippen molar-refractivity contribution in [3.63, 3.8) is 0 Å². The van der Waals surface area contributed by atoms with Crippen molar-refractivity contribution >= 4 is 22.9 Å². The molecular weight excluding hydrogens is 238 g/mol. The number of nitrogens with one attached hydrogen (secondary N) is 1. The average molecular weight is 252 g/mol. The zero-order chi connectivity index (χ0) is 11.5. The number of hydrogen-bond acceptors (Lipinski definition) is 2. The molecule has 1 aromatic heterocycles. The van der Waals surface area contributed by atoms with E-state index in [9.17, 15) is 0 Å². The maximum Gasteiger partial charge on any atom is 0.0457 e. The van der Waals surface area contributed by atoms with Gasteiger partial charge in [0.1, 0.15) is 0 Å². The minimum atomic E-state index is 0.808. The number of rotatable bonds is 3. The lowest BCUT2D eigenvalue weighted by Crippen LogP contribution is -2.05. The summed E-state index contributed by atoms with van der Waals surface area (Å²) in [5, 5.41) is 3.94. The van der Waals surface area contributed by atoms with Crippen molar-refractivity contribution in [3.8, 4) is 10.4 Å². The maximum atomic E-state index is 6.23. The first-order chi connectivity index (χ1) is 7.70. The molecule has 0 radical (unpaired) electrons. The van der Waals surface area contributed by atoms with Gasteiger partial charge in [-0.1, -0.05) is 23.7 Å². The summed E-state index contributed by atoms with van der Waals surface area (Å²) < 4.78 is 0. The second-order valence-electron chi connectivity index (χ2n) is 3.75. The van der Waals surface area contributed by atoms with Gasteiger partial charge in [0.25, 0.3) is 0 Å². The number of benzene rings is 1. The number of thiophene rings is 1. The molecule has 0 atom stereocenters. The Kier molecular flexibility index (Phi) is 3.64. The van der Waals surface area contributed by atoms with Gasteiger partial charge in [-0.25, -0.2) is 0 Å². The van der Waals surface area contributed by atoms with Crippen LogP contribution in [0, 0.1) is 6.92 Å². The Morgan fingerprint density at radius 3 is 2.62 bits per heavy atom. The van der Waals surface area contributed by atoms with Crippen molar-refractivity contribution in [1.29, 1.82) is 0 Å². The largest absolute Gasteiger partial charge is 0.316 e. The van der Waals surface area contributed by atoms with Crippen molar-refractivity contribution in [2.24, 2.45) is 0 Å². The molecule has 84 valence electrons. The van der Waals surface area contributed by atoms with Crippen LogP contribution in [0.25, 0.3) is 10.4 Å². The molecule has 0 amide bonds. The Morgan fingerprint density at radius 2 is 2.06 bits per heavy atom. The van der Waals surface area contributed by atoms with Gasteiger partial charge in [0.15, 0.2) is 0 Å².